The van der Waals surface area contributed by atoms with E-state index in [0.717, 1.165) is 23.7 Å². The molecule has 2 aromatic rings. The third-order valence-electron chi connectivity index (χ3n) is 5.45. The van der Waals surface area contributed by atoms with Gasteiger partial charge < -0.3 is 14.0 Å². The summed E-state index contributed by atoms with van der Waals surface area (Å²) in [6, 6.07) is 8.17. The summed E-state index contributed by atoms with van der Waals surface area (Å²) in [4.78, 5) is 15.1. The molecule has 1 unspecified atom stereocenters. The van der Waals surface area contributed by atoms with Crippen LogP contribution in [0.5, 0.6) is 0 Å². The standard InChI is InChI=1S/C19H23FN2O3/c1-21-13-8-15(9-14(21)12-24-11-13)25-19(23)17-10-22(7-6-20)18-5-3-2-4-16(17)18/h2-5,10,13-15H,6-9,11-12H2,1H3/t13-,14+,15?. The minimum absolute atomic E-state index is 0.0918. The molecule has 0 radical (unpaired) electrons. The van der Waals surface area contributed by atoms with Crippen LogP contribution >= 0.6 is 0 Å². The number of halogens is 1. The first-order valence-corrected chi connectivity index (χ1v) is 8.82. The van der Waals surface area contributed by atoms with E-state index in [1.54, 1.807) is 10.8 Å². The van der Waals surface area contributed by atoms with Crippen molar-refractivity contribution >= 4 is 16.9 Å². The molecule has 0 aliphatic carbocycles. The maximum Gasteiger partial charge on any atom is 0.340 e. The van der Waals surface area contributed by atoms with Gasteiger partial charge in [0.1, 0.15) is 12.8 Å². The number of alkyl halides is 1. The molecule has 2 bridgehead atoms. The molecule has 6 heteroatoms. The molecule has 25 heavy (non-hydrogen) atoms. The Morgan fingerprint density at radius 2 is 2.00 bits per heavy atom. The molecule has 2 fully saturated rings. The summed E-state index contributed by atoms with van der Waals surface area (Å²) in [5, 5.41) is 0.817. The highest BCUT2D eigenvalue weighted by Crippen LogP contribution is 2.29. The highest BCUT2D eigenvalue weighted by molar-refractivity contribution is 6.04. The van der Waals surface area contributed by atoms with Gasteiger partial charge in [-0.15, -0.1) is 0 Å². The minimum Gasteiger partial charge on any atom is -0.459 e. The van der Waals surface area contributed by atoms with Crippen molar-refractivity contribution < 1.29 is 18.7 Å². The van der Waals surface area contributed by atoms with Gasteiger partial charge in [0, 0.05) is 42.0 Å². The second-order valence-electron chi connectivity index (χ2n) is 6.95. The molecule has 3 heterocycles. The lowest BCUT2D eigenvalue weighted by molar-refractivity contribution is -0.0970. The van der Waals surface area contributed by atoms with Crippen molar-refractivity contribution in [2.24, 2.45) is 0 Å². The number of esters is 1. The van der Waals surface area contributed by atoms with E-state index in [-0.39, 0.29) is 18.6 Å². The zero-order chi connectivity index (χ0) is 17.4. The van der Waals surface area contributed by atoms with E-state index in [1.165, 1.54) is 0 Å². The van der Waals surface area contributed by atoms with Gasteiger partial charge in [-0.1, -0.05) is 18.2 Å². The predicted octanol–water partition coefficient (Wildman–Crippen LogP) is 2.63. The molecule has 1 aromatic heterocycles. The molecule has 3 atom stereocenters. The second kappa shape index (κ2) is 6.77. The average Bonchev–Trinajstić information content (AvgIpc) is 2.95. The molecule has 5 nitrogen and oxygen atoms in total. The Morgan fingerprint density at radius 3 is 2.72 bits per heavy atom. The van der Waals surface area contributed by atoms with Crippen LogP contribution < -0.4 is 0 Å². The van der Waals surface area contributed by atoms with Crippen LogP contribution in [-0.2, 0) is 16.0 Å². The maximum atomic E-state index is 12.8. The Kier molecular flexibility index (Phi) is 4.48. The SMILES string of the molecule is CN1[C@@H]2COC[C@H]1CC(OC(=O)c1cn(CCF)c3ccccc13)C2. The number of rotatable bonds is 4. The number of morpholine rings is 1. The quantitative estimate of drug-likeness (QED) is 0.799. The summed E-state index contributed by atoms with van der Waals surface area (Å²) in [6.07, 6.45) is 3.21. The van der Waals surface area contributed by atoms with E-state index < -0.39 is 6.67 Å². The van der Waals surface area contributed by atoms with Gasteiger partial charge in [-0.3, -0.25) is 4.90 Å². The maximum absolute atomic E-state index is 12.8. The lowest BCUT2D eigenvalue weighted by Crippen LogP contribution is -2.56. The first kappa shape index (κ1) is 16.5. The number of hydrogen-bond donors (Lipinski definition) is 0. The molecule has 1 aromatic carbocycles. The number of benzene rings is 1. The monoisotopic (exact) mass is 346 g/mol. The van der Waals surface area contributed by atoms with Crippen molar-refractivity contribution in [3.05, 3.63) is 36.0 Å². The van der Waals surface area contributed by atoms with Gasteiger partial charge >= 0.3 is 5.97 Å². The van der Waals surface area contributed by atoms with Crippen LogP contribution in [0.1, 0.15) is 23.2 Å². The minimum atomic E-state index is -0.467. The first-order chi connectivity index (χ1) is 12.2. The van der Waals surface area contributed by atoms with Crippen LogP contribution in [0.3, 0.4) is 0 Å². The van der Waals surface area contributed by atoms with E-state index in [0.29, 0.717) is 30.9 Å². The van der Waals surface area contributed by atoms with Gasteiger partial charge in [0.25, 0.3) is 0 Å². The van der Waals surface area contributed by atoms with Crippen LogP contribution in [-0.4, -0.2) is 60.6 Å². The zero-order valence-electron chi connectivity index (χ0n) is 14.4. The van der Waals surface area contributed by atoms with Gasteiger partial charge in [0.05, 0.1) is 25.3 Å². The largest absolute Gasteiger partial charge is 0.459 e. The molecule has 2 saturated heterocycles. The number of carbonyl (C=O) groups is 1. The number of ether oxygens (including phenoxy) is 2. The number of nitrogens with zero attached hydrogens (tertiary/aromatic N) is 2. The number of carbonyl (C=O) groups excluding carboxylic acids is 1. The molecule has 0 saturated carbocycles. The third kappa shape index (κ3) is 3.04. The molecular formula is C19H23FN2O3. The van der Waals surface area contributed by atoms with E-state index in [9.17, 15) is 9.18 Å². The fourth-order valence-electron chi connectivity index (χ4n) is 4.04. The van der Waals surface area contributed by atoms with E-state index in [4.69, 9.17) is 9.47 Å². The van der Waals surface area contributed by atoms with Gasteiger partial charge in [0.2, 0.25) is 0 Å². The third-order valence-corrected chi connectivity index (χ3v) is 5.45. The van der Waals surface area contributed by atoms with Crippen molar-refractivity contribution in [1.82, 2.24) is 9.47 Å². The molecule has 134 valence electrons. The molecule has 0 spiro atoms. The predicted molar refractivity (Wildman–Crippen MR) is 92.5 cm³/mol. The summed E-state index contributed by atoms with van der Waals surface area (Å²) in [6.45, 7) is 1.16. The average molecular weight is 346 g/mol. The Morgan fingerprint density at radius 1 is 1.28 bits per heavy atom. The summed E-state index contributed by atoms with van der Waals surface area (Å²) in [5.74, 6) is -0.317. The van der Waals surface area contributed by atoms with Gasteiger partial charge in [-0.25, -0.2) is 9.18 Å². The molecule has 4 rings (SSSR count). The normalized spacial score (nSPS) is 26.7. The Labute approximate surface area is 146 Å². The summed E-state index contributed by atoms with van der Waals surface area (Å²) >= 11 is 0. The van der Waals surface area contributed by atoms with Gasteiger partial charge in [-0.05, 0) is 13.1 Å². The highest BCUT2D eigenvalue weighted by Gasteiger charge is 2.38. The Hall–Kier alpha value is -1.92. The number of piperidine rings is 1. The topological polar surface area (TPSA) is 43.7 Å². The summed E-state index contributed by atoms with van der Waals surface area (Å²) < 4.78 is 26.0. The number of aromatic nitrogens is 1. The highest BCUT2D eigenvalue weighted by atomic mass is 19.1. The van der Waals surface area contributed by atoms with Gasteiger partial charge in [0.15, 0.2) is 0 Å². The number of para-hydroxylation sites is 1. The first-order valence-electron chi connectivity index (χ1n) is 8.82. The van der Waals surface area contributed by atoms with Crippen molar-refractivity contribution in [1.29, 1.82) is 0 Å². The fraction of sp³-hybridized carbons (Fsp3) is 0.526. The number of hydrogen-bond acceptors (Lipinski definition) is 4. The molecular weight excluding hydrogens is 323 g/mol. The Balaban J connectivity index is 1.54. The van der Waals surface area contributed by atoms with Crippen LogP contribution in [0.25, 0.3) is 10.9 Å². The van der Waals surface area contributed by atoms with Gasteiger partial charge in [-0.2, -0.15) is 0 Å². The van der Waals surface area contributed by atoms with E-state index in [1.807, 2.05) is 24.3 Å². The number of fused-ring (bicyclic) bond motifs is 3. The van der Waals surface area contributed by atoms with Crippen LogP contribution in [0, 0.1) is 0 Å². The molecule has 0 amide bonds. The Bertz CT molecular complexity index is 761. The van der Waals surface area contributed by atoms with Crippen LogP contribution in [0.15, 0.2) is 30.5 Å². The van der Waals surface area contributed by atoms with Crippen LogP contribution in [0.2, 0.25) is 0 Å². The van der Waals surface area contributed by atoms with E-state index >= 15 is 0 Å². The lowest BCUT2D eigenvalue weighted by atomic mass is 9.92. The molecule has 2 aliphatic rings. The van der Waals surface area contributed by atoms with Crippen molar-refractivity contribution in [3.63, 3.8) is 0 Å². The zero-order valence-corrected chi connectivity index (χ0v) is 14.4. The number of aryl methyl sites for hydroxylation is 1. The molecule has 0 N–H and O–H groups in total. The lowest BCUT2D eigenvalue weighted by Gasteiger charge is -2.46. The number of likely N-dealkylation sites (N-methyl/N-ethyl adjacent to an activating group) is 1. The fourth-order valence-corrected chi connectivity index (χ4v) is 4.04. The van der Waals surface area contributed by atoms with E-state index in [2.05, 4.69) is 11.9 Å². The van der Waals surface area contributed by atoms with Crippen molar-refractivity contribution in [3.8, 4) is 0 Å². The van der Waals surface area contributed by atoms with Crippen molar-refractivity contribution in [2.75, 3.05) is 26.9 Å². The summed E-state index contributed by atoms with van der Waals surface area (Å²) in [7, 11) is 2.11. The van der Waals surface area contributed by atoms with Crippen LogP contribution in [0.4, 0.5) is 4.39 Å². The smallest absolute Gasteiger partial charge is 0.340 e. The van der Waals surface area contributed by atoms with Crippen molar-refractivity contribution in [2.45, 2.75) is 37.6 Å². The molecule has 2 aliphatic heterocycles. The summed E-state index contributed by atoms with van der Waals surface area (Å²) in [5.41, 5.74) is 1.38. The second-order valence-corrected chi connectivity index (χ2v) is 6.95.